The van der Waals surface area contributed by atoms with Gasteiger partial charge in [0.15, 0.2) is 0 Å². The summed E-state index contributed by atoms with van der Waals surface area (Å²) in [5.41, 5.74) is 0. The van der Waals surface area contributed by atoms with E-state index >= 15 is 0 Å². The van der Waals surface area contributed by atoms with Crippen molar-refractivity contribution in [2.24, 2.45) is 0 Å². The number of unbranched alkanes of at least 4 members (excludes halogenated alkanes) is 36. The van der Waals surface area contributed by atoms with Crippen molar-refractivity contribution < 1.29 is 56.9 Å². The molecule has 8 heteroatoms. The summed E-state index contributed by atoms with van der Waals surface area (Å²) in [5, 5.41) is 30.6. The maximum atomic E-state index is 10.2. The molecular weight excluding hydrogens is 736 g/mol. The summed E-state index contributed by atoms with van der Waals surface area (Å²) in [5.74, 6) is -2.71. The van der Waals surface area contributed by atoms with E-state index in [1.807, 2.05) is 0 Å². The van der Waals surface area contributed by atoms with Crippen molar-refractivity contribution in [3.05, 3.63) is 0 Å². The molecule has 0 aliphatic heterocycles. The molecule has 0 aromatic carbocycles. The Kier molecular flexibility index (Phi) is 69.7. The SMILES string of the molecule is CCCCCCCCCCCCCCCC(=O)[O-].CCCCCCCCCCCCCCCC(=O)[O-].CCCCCCCCCCCCCCCC(=O)[O-].O.[Ti+3]. The van der Waals surface area contributed by atoms with Crippen LogP contribution in [-0.2, 0) is 36.1 Å². The average molecular weight is 832 g/mol. The van der Waals surface area contributed by atoms with E-state index in [0.717, 1.165) is 38.5 Å². The third-order valence-electron chi connectivity index (χ3n) is 10.5. The van der Waals surface area contributed by atoms with Crippen molar-refractivity contribution in [3.8, 4) is 0 Å². The standard InChI is InChI=1S/3C16H32O2.H2O.Ti/c3*1-2-3-4-5-6-7-8-9-10-11-12-13-14-15-16(17)18;;/h3*2-15H2,1H3,(H,17,18);1H2;/q;;;;+3/p-3. The Morgan fingerprint density at radius 1 is 0.250 bits per heavy atom. The van der Waals surface area contributed by atoms with Crippen LogP contribution in [0.3, 0.4) is 0 Å². The van der Waals surface area contributed by atoms with E-state index in [1.165, 1.54) is 212 Å². The van der Waals surface area contributed by atoms with Crippen molar-refractivity contribution in [1.82, 2.24) is 0 Å². The van der Waals surface area contributed by atoms with Crippen molar-refractivity contribution in [2.45, 2.75) is 290 Å². The van der Waals surface area contributed by atoms with Crippen LogP contribution in [0.15, 0.2) is 0 Å². The number of aliphatic carboxylic acids is 3. The zero-order valence-corrected chi connectivity index (χ0v) is 39.2. The monoisotopic (exact) mass is 832 g/mol. The fourth-order valence-electron chi connectivity index (χ4n) is 6.86. The first kappa shape index (κ1) is 64.2. The molecule has 0 amide bonds. The van der Waals surface area contributed by atoms with E-state index in [1.54, 1.807) is 0 Å². The second kappa shape index (κ2) is 60.8. The third-order valence-corrected chi connectivity index (χ3v) is 10.5. The summed E-state index contributed by atoms with van der Waals surface area (Å²) in [6.45, 7) is 6.77. The van der Waals surface area contributed by atoms with Gasteiger partial charge in [-0.05, 0) is 38.5 Å². The molecular formula is C48H95O7Ti. The van der Waals surface area contributed by atoms with Crippen LogP contribution < -0.4 is 15.3 Å². The molecule has 0 rings (SSSR count). The molecule has 0 bridgehead atoms. The minimum Gasteiger partial charge on any atom is -0.550 e. The van der Waals surface area contributed by atoms with Crippen LogP contribution in [0.25, 0.3) is 0 Å². The molecule has 0 aliphatic rings. The third kappa shape index (κ3) is 74.1. The number of carbonyl (C=O) groups is 3. The molecule has 0 saturated heterocycles. The molecule has 0 aromatic rings. The number of carbonyl (C=O) groups excluding carboxylic acids is 3. The molecule has 0 aliphatic carbocycles. The maximum absolute atomic E-state index is 10.2. The van der Waals surface area contributed by atoms with Gasteiger partial charge in [0.25, 0.3) is 0 Å². The molecule has 2 N–H and O–H groups in total. The van der Waals surface area contributed by atoms with E-state index in [0.29, 0.717) is 0 Å². The van der Waals surface area contributed by atoms with Crippen LogP contribution in [-0.4, -0.2) is 23.4 Å². The largest absolute Gasteiger partial charge is 3.00 e. The number of hydrogen-bond acceptors (Lipinski definition) is 6. The van der Waals surface area contributed by atoms with Crippen molar-refractivity contribution in [1.29, 1.82) is 0 Å². The van der Waals surface area contributed by atoms with E-state index in [2.05, 4.69) is 20.8 Å². The predicted octanol–water partition coefficient (Wildman–Crippen LogP) is 11.8. The smallest absolute Gasteiger partial charge is 0.550 e. The van der Waals surface area contributed by atoms with Crippen LogP contribution in [0.2, 0.25) is 0 Å². The number of carboxylic acid groups (broad SMARTS) is 3. The van der Waals surface area contributed by atoms with Gasteiger partial charge in [-0.2, -0.15) is 0 Å². The van der Waals surface area contributed by atoms with Crippen LogP contribution in [0.5, 0.6) is 0 Å². The summed E-state index contributed by atoms with van der Waals surface area (Å²) in [4.78, 5) is 30.6. The normalized spacial score (nSPS) is 10.3. The van der Waals surface area contributed by atoms with Crippen molar-refractivity contribution >= 4 is 17.9 Å². The van der Waals surface area contributed by atoms with E-state index < -0.39 is 17.9 Å². The van der Waals surface area contributed by atoms with Crippen LogP contribution >= 0.6 is 0 Å². The molecule has 0 spiro atoms. The zero-order valence-electron chi connectivity index (χ0n) is 37.6. The van der Waals surface area contributed by atoms with Gasteiger partial charge in [-0.25, -0.2) is 0 Å². The van der Waals surface area contributed by atoms with Crippen LogP contribution in [0.4, 0.5) is 0 Å². The van der Waals surface area contributed by atoms with Gasteiger partial charge in [-0.1, -0.05) is 252 Å². The molecule has 1 radical (unpaired) electrons. The summed E-state index contributed by atoms with van der Waals surface area (Å²) < 4.78 is 0. The molecule has 0 atom stereocenters. The Labute approximate surface area is 363 Å². The summed E-state index contributed by atoms with van der Waals surface area (Å²) in [6.07, 6.45) is 50.8. The Balaban J connectivity index is -0.000000228. The van der Waals surface area contributed by atoms with Gasteiger partial charge in [-0.3, -0.25) is 0 Å². The quantitative estimate of drug-likeness (QED) is 0.0441. The van der Waals surface area contributed by atoms with E-state index in [-0.39, 0.29) is 46.5 Å². The molecule has 0 fully saturated rings. The minimum absolute atomic E-state index is 0. The first-order valence-electron chi connectivity index (χ1n) is 23.9. The van der Waals surface area contributed by atoms with Crippen LogP contribution in [0.1, 0.15) is 290 Å². The molecule has 56 heavy (non-hydrogen) atoms. The molecule has 0 heterocycles. The summed E-state index contributed by atoms with van der Waals surface area (Å²) >= 11 is 0. The number of carboxylic acids is 3. The Bertz CT molecular complexity index is 639. The van der Waals surface area contributed by atoms with Gasteiger partial charge >= 0.3 is 21.7 Å². The van der Waals surface area contributed by atoms with Gasteiger partial charge in [0.1, 0.15) is 0 Å². The Morgan fingerprint density at radius 2 is 0.357 bits per heavy atom. The molecule has 0 aromatic heterocycles. The second-order valence-corrected chi connectivity index (χ2v) is 16.1. The fourth-order valence-corrected chi connectivity index (χ4v) is 6.86. The number of hydrogen-bond donors (Lipinski definition) is 0. The van der Waals surface area contributed by atoms with Crippen LogP contribution in [0, 0.1) is 0 Å². The van der Waals surface area contributed by atoms with Gasteiger partial charge in [0, 0.05) is 17.9 Å². The summed E-state index contributed by atoms with van der Waals surface area (Å²) in [7, 11) is 0. The Hall–Kier alpha value is -0.916. The zero-order chi connectivity index (χ0) is 40.4. The number of rotatable bonds is 42. The van der Waals surface area contributed by atoms with Gasteiger partial charge in [0.05, 0.1) is 0 Å². The molecule has 0 unspecified atom stereocenters. The van der Waals surface area contributed by atoms with Gasteiger partial charge in [0.2, 0.25) is 0 Å². The maximum Gasteiger partial charge on any atom is 3.00 e. The molecule has 333 valence electrons. The average Bonchev–Trinajstić information content (AvgIpc) is 3.14. The molecule has 0 saturated carbocycles. The first-order chi connectivity index (χ1) is 26.3. The van der Waals surface area contributed by atoms with E-state index in [4.69, 9.17) is 0 Å². The summed E-state index contributed by atoms with van der Waals surface area (Å²) in [6, 6.07) is 0. The predicted molar refractivity (Wildman–Crippen MR) is 230 cm³/mol. The second-order valence-electron chi connectivity index (χ2n) is 16.1. The molecule has 7 nitrogen and oxygen atoms in total. The first-order valence-corrected chi connectivity index (χ1v) is 23.9. The fraction of sp³-hybridized carbons (Fsp3) is 0.938. The van der Waals surface area contributed by atoms with Gasteiger partial charge < -0.3 is 35.2 Å². The van der Waals surface area contributed by atoms with Gasteiger partial charge in [-0.15, -0.1) is 0 Å². The topological polar surface area (TPSA) is 152 Å². The minimum atomic E-state index is -0.905. The Morgan fingerprint density at radius 3 is 0.464 bits per heavy atom. The van der Waals surface area contributed by atoms with Crippen molar-refractivity contribution in [2.75, 3.05) is 0 Å². The van der Waals surface area contributed by atoms with Crippen molar-refractivity contribution in [3.63, 3.8) is 0 Å². The van der Waals surface area contributed by atoms with E-state index in [9.17, 15) is 29.7 Å².